The second-order valence-corrected chi connectivity index (χ2v) is 3.88. The summed E-state index contributed by atoms with van der Waals surface area (Å²) in [5.74, 6) is -0.322. The zero-order valence-corrected chi connectivity index (χ0v) is 10.0. The van der Waals surface area contributed by atoms with E-state index in [-0.39, 0.29) is 12.4 Å². The molecule has 0 heterocycles. The molecule has 0 aromatic heterocycles. The quantitative estimate of drug-likeness (QED) is 0.804. The van der Waals surface area contributed by atoms with E-state index in [1.807, 2.05) is 6.07 Å². The highest BCUT2D eigenvalue weighted by atomic mass is 19.1. The van der Waals surface area contributed by atoms with E-state index in [1.54, 1.807) is 6.07 Å². The van der Waals surface area contributed by atoms with Crippen molar-refractivity contribution in [3.8, 4) is 0 Å². The molecular weight excluding hydrogens is 205 g/mol. The molecule has 90 valence electrons. The van der Waals surface area contributed by atoms with Crippen LogP contribution >= 0.6 is 0 Å². The van der Waals surface area contributed by atoms with Gasteiger partial charge in [-0.2, -0.15) is 0 Å². The Labute approximate surface area is 96.7 Å². The van der Waals surface area contributed by atoms with Crippen molar-refractivity contribution in [2.24, 2.45) is 0 Å². The molecule has 16 heavy (non-hydrogen) atoms. The van der Waals surface area contributed by atoms with Crippen molar-refractivity contribution in [3.05, 3.63) is 29.6 Å². The van der Waals surface area contributed by atoms with Gasteiger partial charge in [0.25, 0.3) is 0 Å². The Morgan fingerprint density at radius 3 is 2.31 bits per heavy atom. The van der Waals surface area contributed by atoms with Crippen molar-refractivity contribution in [1.82, 2.24) is 0 Å². The number of hydrogen-bond acceptors (Lipinski definition) is 2. The summed E-state index contributed by atoms with van der Waals surface area (Å²) in [6.07, 6.45) is 2.03. The van der Waals surface area contributed by atoms with E-state index >= 15 is 0 Å². The maximum Gasteiger partial charge on any atom is 0.130 e. The maximum absolute atomic E-state index is 13.5. The number of nitrogens with zero attached hydrogens (tertiary/aromatic N) is 1. The third-order valence-corrected chi connectivity index (χ3v) is 2.58. The molecule has 0 aliphatic heterocycles. The molecule has 0 aliphatic rings. The van der Waals surface area contributed by atoms with Crippen molar-refractivity contribution in [2.75, 3.05) is 18.0 Å². The topological polar surface area (TPSA) is 23.5 Å². The second-order valence-electron chi connectivity index (χ2n) is 3.88. The lowest BCUT2D eigenvalue weighted by Gasteiger charge is -2.26. The van der Waals surface area contributed by atoms with Crippen LogP contribution in [0.25, 0.3) is 0 Å². The van der Waals surface area contributed by atoms with Gasteiger partial charge >= 0.3 is 0 Å². The molecule has 3 heteroatoms. The molecule has 1 N–H and O–H groups in total. The highest BCUT2D eigenvalue weighted by Gasteiger charge is 2.12. The van der Waals surface area contributed by atoms with Gasteiger partial charge in [-0.1, -0.05) is 19.9 Å². The van der Waals surface area contributed by atoms with Crippen LogP contribution in [0.2, 0.25) is 0 Å². The van der Waals surface area contributed by atoms with Crippen LogP contribution in [0, 0.1) is 5.82 Å². The minimum absolute atomic E-state index is 0.244. The molecule has 0 saturated heterocycles. The summed E-state index contributed by atoms with van der Waals surface area (Å²) < 4.78 is 13.5. The van der Waals surface area contributed by atoms with E-state index in [4.69, 9.17) is 0 Å². The van der Waals surface area contributed by atoms with Gasteiger partial charge in [-0.05, 0) is 25.0 Å². The van der Waals surface area contributed by atoms with Gasteiger partial charge in [0.05, 0.1) is 6.61 Å². The summed E-state index contributed by atoms with van der Waals surface area (Å²) in [6.45, 7) is 5.74. The third kappa shape index (κ3) is 2.95. The zero-order valence-electron chi connectivity index (χ0n) is 10.0. The molecule has 1 aromatic carbocycles. The average Bonchev–Trinajstić information content (AvgIpc) is 2.28. The van der Waals surface area contributed by atoms with E-state index in [0.29, 0.717) is 5.56 Å². The van der Waals surface area contributed by atoms with E-state index in [9.17, 15) is 9.50 Å². The summed E-state index contributed by atoms with van der Waals surface area (Å²) in [6, 6.07) is 4.97. The lowest BCUT2D eigenvalue weighted by Crippen LogP contribution is -2.26. The van der Waals surface area contributed by atoms with Gasteiger partial charge in [0.2, 0.25) is 0 Å². The Balaban J connectivity index is 3.02. The van der Waals surface area contributed by atoms with Crippen LogP contribution in [0.1, 0.15) is 32.3 Å². The number of benzene rings is 1. The van der Waals surface area contributed by atoms with Crippen molar-refractivity contribution < 1.29 is 9.50 Å². The SMILES string of the molecule is CCCN(CCC)c1cccc(F)c1CO. The number of aliphatic hydroxyl groups is 1. The van der Waals surface area contributed by atoms with Crippen molar-refractivity contribution in [1.29, 1.82) is 0 Å². The molecule has 2 nitrogen and oxygen atoms in total. The fourth-order valence-corrected chi connectivity index (χ4v) is 1.89. The van der Waals surface area contributed by atoms with Crippen LogP contribution in [-0.2, 0) is 6.61 Å². The first kappa shape index (κ1) is 13.0. The smallest absolute Gasteiger partial charge is 0.130 e. The summed E-state index contributed by atoms with van der Waals surface area (Å²) in [4.78, 5) is 2.13. The molecule has 0 fully saturated rings. The Bertz CT molecular complexity index is 322. The van der Waals surface area contributed by atoms with Gasteiger partial charge in [-0.15, -0.1) is 0 Å². The normalized spacial score (nSPS) is 10.5. The highest BCUT2D eigenvalue weighted by molar-refractivity contribution is 5.54. The van der Waals surface area contributed by atoms with Crippen LogP contribution in [-0.4, -0.2) is 18.2 Å². The molecule has 0 atom stereocenters. The fourth-order valence-electron chi connectivity index (χ4n) is 1.89. The first-order valence-corrected chi connectivity index (χ1v) is 5.87. The molecular formula is C13H20FNO. The third-order valence-electron chi connectivity index (χ3n) is 2.58. The molecule has 0 unspecified atom stereocenters. The Morgan fingerprint density at radius 2 is 1.81 bits per heavy atom. The number of aliphatic hydroxyl groups excluding tert-OH is 1. The highest BCUT2D eigenvalue weighted by Crippen LogP contribution is 2.23. The lowest BCUT2D eigenvalue weighted by atomic mass is 10.1. The average molecular weight is 225 g/mol. The standard InChI is InChI=1S/C13H20FNO/c1-3-8-15(9-4-2)13-7-5-6-12(14)11(13)10-16/h5-7,16H,3-4,8-10H2,1-2H3. The predicted molar refractivity (Wildman–Crippen MR) is 65.1 cm³/mol. The Kier molecular flexibility index (Phi) is 5.26. The first-order chi connectivity index (χ1) is 7.74. The molecule has 0 spiro atoms. The summed E-state index contributed by atoms with van der Waals surface area (Å²) in [7, 11) is 0. The Morgan fingerprint density at radius 1 is 1.19 bits per heavy atom. The number of anilines is 1. The van der Waals surface area contributed by atoms with Crippen LogP contribution in [0.5, 0.6) is 0 Å². The van der Waals surface area contributed by atoms with Crippen LogP contribution in [0.4, 0.5) is 10.1 Å². The Hall–Kier alpha value is -1.09. The monoisotopic (exact) mass is 225 g/mol. The van der Waals surface area contributed by atoms with Gasteiger partial charge in [0.1, 0.15) is 5.82 Å². The van der Waals surface area contributed by atoms with Gasteiger partial charge in [0.15, 0.2) is 0 Å². The predicted octanol–water partition coefficient (Wildman–Crippen LogP) is 2.94. The van der Waals surface area contributed by atoms with Crippen LogP contribution < -0.4 is 4.90 Å². The lowest BCUT2D eigenvalue weighted by molar-refractivity contribution is 0.276. The van der Waals surface area contributed by atoms with Crippen LogP contribution in [0.15, 0.2) is 18.2 Å². The molecule has 0 amide bonds. The van der Waals surface area contributed by atoms with Gasteiger partial charge in [-0.3, -0.25) is 0 Å². The van der Waals surface area contributed by atoms with E-state index < -0.39 is 0 Å². The number of rotatable bonds is 6. The molecule has 1 rings (SSSR count). The molecule has 0 aliphatic carbocycles. The molecule has 1 aromatic rings. The van der Waals surface area contributed by atoms with Crippen molar-refractivity contribution >= 4 is 5.69 Å². The van der Waals surface area contributed by atoms with Crippen LogP contribution in [0.3, 0.4) is 0 Å². The zero-order chi connectivity index (χ0) is 12.0. The van der Waals surface area contributed by atoms with Crippen molar-refractivity contribution in [2.45, 2.75) is 33.3 Å². The van der Waals surface area contributed by atoms with E-state index in [1.165, 1.54) is 6.07 Å². The minimum atomic E-state index is -0.322. The summed E-state index contributed by atoms with van der Waals surface area (Å²) >= 11 is 0. The summed E-state index contributed by atoms with van der Waals surface area (Å²) in [5, 5.41) is 9.22. The molecule has 0 bridgehead atoms. The fraction of sp³-hybridized carbons (Fsp3) is 0.538. The molecule has 0 radical (unpaired) electrons. The molecule has 0 saturated carbocycles. The summed E-state index contributed by atoms with van der Waals surface area (Å²) in [5.41, 5.74) is 1.23. The number of hydrogen-bond donors (Lipinski definition) is 1. The largest absolute Gasteiger partial charge is 0.391 e. The van der Waals surface area contributed by atoms with E-state index in [2.05, 4.69) is 18.7 Å². The van der Waals surface area contributed by atoms with Gasteiger partial charge in [0, 0.05) is 24.3 Å². The minimum Gasteiger partial charge on any atom is -0.391 e. The first-order valence-electron chi connectivity index (χ1n) is 5.87. The maximum atomic E-state index is 13.5. The second kappa shape index (κ2) is 6.48. The van der Waals surface area contributed by atoms with Crippen molar-refractivity contribution in [3.63, 3.8) is 0 Å². The van der Waals surface area contributed by atoms with Gasteiger partial charge in [-0.25, -0.2) is 4.39 Å². The van der Waals surface area contributed by atoms with Gasteiger partial charge < -0.3 is 10.0 Å². The number of halogens is 1. The van der Waals surface area contributed by atoms with E-state index in [0.717, 1.165) is 31.6 Å².